The van der Waals surface area contributed by atoms with E-state index in [-0.39, 0.29) is 5.91 Å². The molecule has 2 aromatic rings. The Morgan fingerprint density at radius 1 is 1.32 bits per heavy atom. The molecule has 3 nitrogen and oxygen atoms in total. The monoisotopic (exact) mass is 338 g/mol. The minimum atomic E-state index is 0.0316. The maximum absolute atomic E-state index is 11.2. The van der Waals surface area contributed by atoms with Crippen LogP contribution in [-0.2, 0) is 17.8 Å². The van der Waals surface area contributed by atoms with Gasteiger partial charge in [0.2, 0.25) is 5.91 Å². The Labute approximate surface area is 125 Å². The summed E-state index contributed by atoms with van der Waals surface area (Å²) in [5, 5.41) is 8.05. The van der Waals surface area contributed by atoms with E-state index in [1.807, 2.05) is 24.3 Å². The molecule has 0 atom stereocenters. The van der Waals surface area contributed by atoms with E-state index in [0.29, 0.717) is 6.42 Å². The molecule has 1 heterocycles. The van der Waals surface area contributed by atoms with Gasteiger partial charge in [0.15, 0.2) is 0 Å². The maximum Gasteiger partial charge on any atom is 0.224 e. The van der Waals surface area contributed by atoms with Crippen molar-refractivity contribution in [3.63, 3.8) is 0 Å². The van der Waals surface area contributed by atoms with Crippen molar-refractivity contribution in [2.75, 3.05) is 12.4 Å². The number of benzene rings is 1. The lowest BCUT2D eigenvalue weighted by Crippen LogP contribution is -2.19. The maximum atomic E-state index is 11.2. The molecule has 2 rings (SSSR count). The lowest BCUT2D eigenvalue weighted by molar-refractivity contribution is -0.119. The number of hydrogen-bond acceptors (Lipinski definition) is 3. The van der Waals surface area contributed by atoms with E-state index in [1.165, 1.54) is 4.88 Å². The van der Waals surface area contributed by atoms with Gasteiger partial charge in [-0.2, -0.15) is 0 Å². The predicted molar refractivity (Wildman–Crippen MR) is 83.6 cm³/mol. The number of carbonyl (C=O) groups excluding carboxylic acids is 1. The summed E-state index contributed by atoms with van der Waals surface area (Å²) in [6.07, 6.45) is 0.425. The molecule has 0 aliphatic heterocycles. The Hall–Kier alpha value is -1.33. The predicted octanol–water partition coefficient (Wildman–Crippen LogP) is 3.41. The number of amides is 1. The van der Waals surface area contributed by atoms with Crippen LogP contribution in [0.5, 0.6) is 0 Å². The van der Waals surface area contributed by atoms with Gasteiger partial charge >= 0.3 is 0 Å². The number of carbonyl (C=O) groups is 1. The zero-order chi connectivity index (χ0) is 13.7. The van der Waals surface area contributed by atoms with Gasteiger partial charge in [-0.05, 0) is 39.7 Å². The van der Waals surface area contributed by atoms with Crippen LogP contribution in [0.15, 0.2) is 40.2 Å². The van der Waals surface area contributed by atoms with Crippen molar-refractivity contribution in [2.24, 2.45) is 0 Å². The summed E-state index contributed by atoms with van der Waals surface area (Å²) >= 11 is 5.16. The molecular weight excluding hydrogens is 324 g/mol. The van der Waals surface area contributed by atoms with Crippen molar-refractivity contribution in [1.29, 1.82) is 0 Å². The Bertz CT molecular complexity index is 551. The molecule has 100 valence electrons. The number of likely N-dealkylation sites (N-methyl/N-ethyl adjacent to an activating group) is 1. The first kappa shape index (κ1) is 14.1. The van der Waals surface area contributed by atoms with Gasteiger partial charge in [-0.1, -0.05) is 12.1 Å². The molecule has 0 saturated heterocycles. The Balaban J connectivity index is 1.89. The quantitative estimate of drug-likeness (QED) is 0.877. The first-order valence-electron chi connectivity index (χ1n) is 5.93. The third kappa shape index (κ3) is 4.36. The molecule has 19 heavy (non-hydrogen) atoms. The highest BCUT2D eigenvalue weighted by Crippen LogP contribution is 2.21. The van der Waals surface area contributed by atoms with Crippen LogP contribution in [0.25, 0.3) is 0 Å². The number of hydrogen-bond donors (Lipinski definition) is 2. The highest BCUT2D eigenvalue weighted by molar-refractivity contribution is 9.10. The summed E-state index contributed by atoms with van der Waals surface area (Å²) in [7, 11) is 1.65. The minimum absolute atomic E-state index is 0.0316. The van der Waals surface area contributed by atoms with E-state index < -0.39 is 0 Å². The zero-order valence-electron chi connectivity index (χ0n) is 10.6. The standard InChI is InChI=1S/C14H15BrN2OS/c1-16-14(18)6-10-2-4-12(5-3-10)17-8-13-7-11(15)9-19-13/h2-5,7,9,17H,6,8H2,1H3,(H,16,18). The van der Waals surface area contributed by atoms with Crippen LogP contribution in [0.4, 0.5) is 5.69 Å². The van der Waals surface area contributed by atoms with Crippen molar-refractivity contribution < 1.29 is 4.79 Å². The summed E-state index contributed by atoms with van der Waals surface area (Å²) in [5.74, 6) is 0.0316. The molecule has 0 aliphatic carbocycles. The van der Waals surface area contributed by atoms with Gasteiger partial charge in [0.25, 0.3) is 0 Å². The SMILES string of the molecule is CNC(=O)Cc1ccc(NCc2cc(Br)cs2)cc1. The summed E-state index contributed by atoms with van der Waals surface area (Å²) < 4.78 is 1.12. The number of nitrogens with one attached hydrogen (secondary N) is 2. The Kier molecular flexibility index (Phi) is 4.99. The van der Waals surface area contributed by atoms with Gasteiger partial charge < -0.3 is 10.6 Å². The van der Waals surface area contributed by atoms with E-state index in [4.69, 9.17) is 0 Å². The Morgan fingerprint density at radius 3 is 2.63 bits per heavy atom. The van der Waals surface area contributed by atoms with Crippen LogP contribution in [-0.4, -0.2) is 13.0 Å². The van der Waals surface area contributed by atoms with E-state index in [9.17, 15) is 4.79 Å². The van der Waals surface area contributed by atoms with Crippen molar-refractivity contribution in [2.45, 2.75) is 13.0 Å². The molecule has 0 spiro atoms. The topological polar surface area (TPSA) is 41.1 Å². The number of halogens is 1. The molecule has 1 amide bonds. The van der Waals surface area contributed by atoms with E-state index in [0.717, 1.165) is 22.3 Å². The van der Waals surface area contributed by atoms with Crippen LogP contribution in [0, 0.1) is 0 Å². The van der Waals surface area contributed by atoms with Crippen LogP contribution < -0.4 is 10.6 Å². The van der Waals surface area contributed by atoms with Gasteiger partial charge in [-0.15, -0.1) is 11.3 Å². The summed E-state index contributed by atoms with van der Waals surface area (Å²) in [4.78, 5) is 12.5. The largest absolute Gasteiger partial charge is 0.380 e. The lowest BCUT2D eigenvalue weighted by Gasteiger charge is -2.06. The Morgan fingerprint density at radius 2 is 2.05 bits per heavy atom. The fourth-order valence-electron chi connectivity index (χ4n) is 1.65. The van der Waals surface area contributed by atoms with Gasteiger partial charge in [-0.3, -0.25) is 4.79 Å². The van der Waals surface area contributed by atoms with Gasteiger partial charge in [0.05, 0.1) is 6.42 Å². The molecule has 1 aromatic carbocycles. The summed E-state index contributed by atoms with van der Waals surface area (Å²) in [6.45, 7) is 0.811. The lowest BCUT2D eigenvalue weighted by atomic mass is 10.1. The van der Waals surface area contributed by atoms with Gasteiger partial charge in [0, 0.05) is 34.0 Å². The highest BCUT2D eigenvalue weighted by atomic mass is 79.9. The highest BCUT2D eigenvalue weighted by Gasteiger charge is 2.01. The fourth-order valence-corrected chi connectivity index (χ4v) is 3.04. The third-order valence-corrected chi connectivity index (χ3v) is 4.38. The van der Waals surface area contributed by atoms with Crippen molar-refractivity contribution in [3.05, 3.63) is 50.6 Å². The van der Waals surface area contributed by atoms with Crippen LogP contribution >= 0.6 is 27.3 Å². The van der Waals surface area contributed by atoms with Crippen molar-refractivity contribution >= 4 is 38.9 Å². The third-order valence-electron chi connectivity index (χ3n) is 2.69. The molecule has 0 aliphatic rings. The van der Waals surface area contributed by atoms with Crippen LogP contribution in [0.2, 0.25) is 0 Å². The molecule has 1 aromatic heterocycles. The minimum Gasteiger partial charge on any atom is -0.380 e. The zero-order valence-corrected chi connectivity index (χ0v) is 13.0. The molecule has 0 bridgehead atoms. The normalized spacial score (nSPS) is 10.2. The molecule has 0 unspecified atom stereocenters. The summed E-state index contributed by atoms with van der Waals surface area (Å²) in [6, 6.07) is 10.1. The molecule has 0 saturated carbocycles. The smallest absolute Gasteiger partial charge is 0.224 e. The molecular formula is C14H15BrN2OS. The number of rotatable bonds is 5. The van der Waals surface area contributed by atoms with Gasteiger partial charge in [-0.25, -0.2) is 0 Å². The first-order chi connectivity index (χ1) is 9.17. The average Bonchev–Trinajstić information content (AvgIpc) is 2.83. The van der Waals surface area contributed by atoms with E-state index in [2.05, 4.69) is 38.0 Å². The first-order valence-corrected chi connectivity index (χ1v) is 7.61. The van der Waals surface area contributed by atoms with Gasteiger partial charge in [0.1, 0.15) is 0 Å². The molecule has 0 fully saturated rings. The van der Waals surface area contributed by atoms with Crippen molar-refractivity contribution in [3.8, 4) is 0 Å². The summed E-state index contributed by atoms with van der Waals surface area (Å²) in [5.41, 5.74) is 2.08. The number of anilines is 1. The molecule has 0 radical (unpaired) electrons. The second kappa shape index (κ2) is 6.73. The average molecular weight is 339 g/mol. The number of thiophene rings is 1. The van der Waals surface area contributed by atoms with Crippen LogP contribution in [0.1, 0.15) is 10.4 Å². The molecule has 2 N–H and O–H groups in total. The van der Waals surface area contributed by atoms with E-state index >= 15 is 0 Å². The van der Waals surface area contributed by atoms with E-state index in [1.54, 1.807) is 18.4 Å². The van der Waals surface area contributed by atoms with Crippen molar-refractivity contribution in [1.82, 2.24) is 5.32 Å². The fraction of sp³-hybridized carbons (Fsp3) is 0.214. The molecule has 5 heteroatoms. The second-order valence-corrected chi connectivity index (χ2v) is 6.04. The second-order valence-electron chi connectivity index (χ2n) is 4.13. The van der Waals surface area contributed by atoms with Crippen LogP contribution in [0.3, 0.4) is 0 Å².